The van der Waals surface area contributed by atoms with Gasteiger partial charge in [0.25, 0.3) is 0 Å². The molecule has 3 N–H and O–H groups in total. The molecule has 0 fully saturated rings. The van der Waals surface area contributed by atoms with E-state index in [9.17, 15) is 4.79 Å². The Morgan fingerprint density at radius 1 is 1.30 bits per heavy atom. The van der Waals surface area contributed by atoms with Crippen LogP contribution in [0.2, 0.25) is 0 Å². The fraction of sp³-hybridized carbons (Fsp3) is 0.188. The van der Waals surface area contributed by atoms with Crippen molar-refractivity contribution in [3.63, 3.8) is 0 Å². The van der Waals surface area contributed by atoms with E-state index in [2.05, 4.69) is 12.1 Å². The summed E-state index contributed by atoms with van der Waals surface area (Å²) < 4.78 is 5.68. The summed E-state index contributed by atoms with van der Waals surface area (Å²) in [4.78, 5) is 11.1. The molecule has 0 bridgehead atoms. The van der Waals surface area contributed by atoms with Crippen molar-refractivity contribution in [3.8, 4) is 5.75 Å². The van der Waals surface area contributed by atoms with Gasteiger partial charge in [-0.25, -0.2) is 4.79 Å². The van der Waals surface area contributed by atoms with Crippen molar-refractivity contribution in [2.75, 3.05) is 12.3 Å². The molecule has 1 aliphatic carbocycles. The van der Waals surface area contributed by atoms with Gasteiger partial charge in [-0.2, -0.15) is 0 Å². The molecule has 0 spiro atoms. The lowest BCUT2D eigenvalue weighted by molar-refractivity contribution is 0.0691. The van der Waals surface area contributed by atoms with Gasteiger partial charge >= 0.3 is 5.97 Å². The van der Waals surface area contributed by atoms with Crippen LogP contribution in [0.4, 0.5) is 5.69 Å². The van der Waals surface area contributed by atoms with Crippen LogP contribution in [0.15, 0.2) is 42.5 Å². The molecule has 0 aliphatic heterocycles. The Morgan fingerprint density at radius 3 is 2.85 bits per heavy atom. The summed E-state index contributed by atoms with van der Waals surface area (Å²) >= 11 is 0. The minimum absolute atomic E-state index is 0.145. The second kappa shape index (κ2) is 4.89. The van der Waals surface area contributed by atoms with Crippen molar-refractivity contribution in [2.45, 2.75) is 12.3 Å². The SMILES string of the molecule is Nc1ccc(C(=O)O)c(OCC2Cc3ccccc32)c1. The number of aromatic carboxylic acids is 1. The first-order valence-electron chi connectivity index (χ1n) is 6.48. The summed E-state index contributed by atoms with van der Waals surface area (Å²) in [6, 6.07) is 12.8. The Morgan fingerprint density at radius 2 is 2.10 bits per heavy atom. The van der Waals surface area contributed by atoms with Gasteiger partial charge in [0.1, 0.15) is 11.3 Å². The zero-order valence-corrected chi connectivity index (χ0v) is 10.9. The maximum atomic E-state index is 11.1. The number of carboxylic acids is 1. The van der Waals surface area contributed by atoms with Crippen LogP contribution in [0.1, 0.15) is 27.4 Å². The number of nitrogen functional groups attached to an aromatic ring is 1. The fourth-order valence-corrected chi connectivity index (χ4v) is 2.54. The van der Waals surface area contributed by atoms with E-state index < -0.39 is 5.97 Å². The van der Waals surface area contributed by atoms with Gasteiger partial charge in [-0.05, 0) is 29.7 Å². The number of hydrogen-bond donors (Lipinski definition) is 2. The van der Waals surface area contributed by atoms with E-state index >= 15 is 0 Å². The van der Waals surface area contributed by atoms with Gasteiger partial charge in [0.2, 0.25) is 0 Å². The Bertz CT molecular complexity index is 667. The normalized spacial score (nSPS) is 16.1. The molecule has 0 amide bonds. The molecule has 0 heterocycles. The molecular formula is C16H15NO3. The zero-order chi connectivity index (χ0) is 14.1. The van der Waals surface area contributed by atoms with Gasteiger partial charge in [0.05, 0.1) is 6.61 Å². The van der Waals surface area contributed by atoms with Crippen LogP contribution >= 0.6 is 0 Å². The van der Waals surface area contributed by atoms with Gasteiger partial charge in [-0.3, -0.25) is 0 Å². The summed E-state index contributed by atoms with van der Waals surface area (Å²) in [5.74, 6) is -0.342. The highest BCUT2D eigenvalue weighted by Gasteiger charge is 2.26. The number of rotatable bonds is 4. The van der Waals surface area contributed by atoms with Crippen molar-refractivity contribution in [1.82, 2.24) is 0 Å². The second-order valence-electron chi connectivity index (χ2n) is 4.97. The van der Waals surface area contributed by atoms with Crippen LogP contribution in [-0.4, -0.2) is 17.7 Å². The maximum Gasteiger partial charge on any atom is 0.339 e. The summed E-state index contributed by atoms with van der Waals surface area (Å²) in [6.07, 6.45) is 0.973. The lowest BCUT2D eigenvalue weighted by Gasteiger charge is -2.30. The van der Waals surface area contributed by atoms with Crippen molar-refractivity contribution < 1.29 is 14.6 Å². The third kappa shape index (κ3) is 2.20. The number of carboxylic acid groups (broad SMARTS) is 1. The quantitative estimate of drug-likeness (QED) is 0.837. The Hall–Kier alpha value is -2.49. The monoisotopic (exact) mass is 269 g/mol. The number of nitrogens with two attached hydrogens (primary N) is 1. The zero-order valence-electron chi connectivity index (χ0n) is 10.9. The van der Waals surface area contributed by atoms with Crippen LogP contribution in [0.25, 0.3) is 0 Å². The Kier molecular flexibility index (Phi) is 3.06. The number of carbonyl (C=O) groups is 1. The number of hydrogen-bond acceptors (Lipinski definition) is 3. The third-order valence-electron chi connectivity index (χ3n) is 3.64. The molecule has 4 nitrogen and oxygen atoms in total. The molecule has 20 heavy (non-hydrogen) atoms. The average Bonchev–Trinajstić information content (AvgIpc) is 2.39. The molecule has 2 aromatic rings. The van der Waals surface area contributed by atoms with Crippen molar-refractivity contribution in [2.24, 2.45) is 0 Å². The predicted molar refractivity (Wildman–Crippen MR) is 76.2 cm³/mol. The van der Waals surface area contributed by atoms with E-state index in [0.29, 0.717) is 24.0 Å². The molecule has 3 rings (SSSR count). The molecule has 0 saturated heterocycles. The summed E-state index contributed by atoms with van der Waals surface area (Å²) in [7, 11) is 0. The average molecular weight is 269 g/mol. The van der Waals surface area contributed by atoms with Gasteiger partial charge in [0, 0.05) is 17.7 Å². The number of benzene rings is 2. The molecule has 102 valence electrons. The molecular weight excluding hydrogens is 254 g/mol. The first-order chi connectivity index (χ1) is 9.65. The van der Waals surface area contributed by atoms with E-state index in [4.69, 9.17) is 15.6 Å². The van der Waals surface area contributed by atoms with Crippen molar-refractivity contribution in [1.29, 1.82) is 0 Å². The van der Waals surface area contributed by atoms with E-state index in [1.165, 1.54) is 17.2 Å². The summed E-state index contributed by atoms with van der Waals surface area (Å²) in [6.45, 7) is 0.473. The first-order valence-corrected chi connectivity index (χ1v) is 6.48. The second-order valence-corrected chi connectivity index (χ2v) is 4.97. The first kappa shape index (κ1) is 12.5. The van der Waals surface area contributed by atoms with Gasteiger partial charge < -0.3 is 15.6 Å². The fourth-order valence-electron chi connectivity index (χ4n) is 2.54. The Balaban J connectivity index is 1.74. The predicted octanol–water partition coefficient (Wildman–Crippen LogP) is 2.69. The molecule has 0 radical (unpaired) electrons. The standard InChI is InChI=1S/C16H15NO3/c17-12-5-6-14(16(18)19)15(8-12)20-9-11-7-10-3-1-2-4-13(10)11/h1-6,8,11H,7,9,17H2,(H,18,19). The highest BCUT2D eigenvalue weighted by atomic mass is 16.5. The van der Waals surface area contributed by atoms with E-state index in [1.807, 2.05) is 12.1 Å². The highest BCUT2D eigenvalue weighted by molar-refractivity contribution is 5.91. The lowest BCUT2D eigenvalue weighted by atomic mass is 9.78. The van der Waals surface area contributed by atoms with Crippen LogP contribution in [-0.2, 0) is 6.42 Å². The molecule has 1 aliphatic rings. The molecule has 4 heteroatoms. The Labute approximate surface area is 116 Å². The third-order valence-corrected chi connectivity index (χ3v) is 3.64. The molecule has 0 aromatic heterocycles. The van der Waals surface area contributed by atoms with Gasteiger partial charge in [-0.15, -0.1) is 0 Å². The number of anilines is 1. The van der Waals surface area contributed by atoms with Crippen LogP contribution in [0.3, 0.4) is 0 Å². The smallest absolute Gasteiger partial charge is 0.339 e. The minimum atomic E-state index is -1.01. The van der Waals surface area contributed by atoms with E-state index in [0.717, 1.165) is 6.42 Å². The summed E-state index contributed by atoms with van der Waals surface area (Å²) in [5, 5.41) is 9.13. The molecule has 0 saturated carbocycles. The minimum Gasteiger partial charge on any atom is -0.492 e. The van der Waals surface area contributed by atoms with Crippen LogP contribution < -0.4 is 10.5 Å². The summed E-state index contributed by atoms with van der Waals surface area (Å²) in [5.41, 5.74) is 8.95. The molecule has 1 unspecified atom stereocenters. The topological polar surface area (TPSA) is 72.6 Å². The molecule has 1 atom stereocenters. The number of fused-ring (bicyclic) bond motifs is 1. The molecule has 2 aromatic carbocycles. The van der Waals surface area contributed by atoms with Crippen molar-refractivity contribution in [3.05, 3.63) is 59.2 Å². The van der Waals surface area contributed by atoms with Crippen LogP contribution in [0.5, 0.6) is 5.75 Å². The lowest BCUT2D eigenvalue weighted by Crippen LogP contribution is -2.23. The highest BCUT2D eigenvalue weighted by Crippen LogP contribution is 2.35. The van der Waals surface area contributed by atoms with Gasteiger partial charge in [0.15, 0.2) is 0 Å². The maximum absolute atomic E-state index is 11.1. The number of ether oxygens (including phenoxy) is 1. The van der Waals surface area contributed by atoms with Gasteiger partial charge in [-0.1, -0.05) is 24.3 Å². The van der Waals surface area contributed by atoms with Crippen LogP contribution in [0, 0.1) is 0 Å². The van der Waals surface area contributed by atoms with E-state index in [1.54, 1.807) is 12.1 Å². The largest absolute Gasteiger partial charge is 0.492 e. The van der Waals surface area contributed by atoms with E-state index in [-0.39, 0.29) is 5.56 Å². The van der Waals surface area contributed by atoms with Crippen molar-refractivity contribution >= 4 is 11.7 Å².